The summed E-state index contributed by atoms with van der Waals surface area (Å²) >= 11 is 1.31. The van der Waals surface area contributed by atoms with Crippen molar-refractivity contribution >= 4 is 29.3 Å². The molecule has 1 heterocycles. The molecule has 0 saturated carbocycles. The first-order valence-corrected chi connectivity index (χ1v) is 9.78. The molecule has 3 rings (SSSR count). The van der Waals surface area contributed by atoms with E-state index in [1.165, 1.54) is 22.9 Å². The second-order valence-electron chi connectivity index (χ2n) is 6.39. The summed E-state index contributed by atoms with van der Waals surface area (Å²) in [5.74, 6) is 0.370. The molecule has 2 aromatic carbocycles. The molecule has 0 spiro atoms. The van der Waals surface area contributed by atoms with Crippen molar-refractivity contribution in [1.29, 1.82) is 0 Å². The number of carbonyl (C=O) groups excluding carboxylic acids is 2. The highest BCUT2D eigenvalue weighted by atomic mass is 32.2. The van der Waals surface area contributed by atoms with Crippen LogP contribution in [-0.2, 0) is 29.2 Å². The van der Waals surface area contributed by atoms with Gasteiger partial charge >= 0.3 is 0 Å². The van der Waals surface area contributed by atoms with Crippen LogP contribution in [0.5, 0.6) is 0 Å². The number of hydrogen-bond donors (Lipinski definition) is 3. The van der Waals surface area contributed by atoms with Crippen LogP contribution in [0.1, 0.15) is 22.3 Å². The first-order chi connectivity index (χ1) is 12.6. The predicted molar refractivity (Wildman–Crippen MR) is 106 cm³/mol. The average Bonchev–Trinajstić information content (AvgIpc) is 3.10. The number of thioether (sulfide) groups is 1. The molecule has 3 N–H and O–H groups in total. The zero-order valence-electron chi connectivity index (χ0n) is 14.8. The van der Waals surface area contributed by atoms with Gasteiger partial charge in [0.2, 0.25) is 11.8 Å². The molecule has 0 atom stereocenters. The van der Waals surface area contributed by atoms with Gasteiger partial charge in [-0.1, -0.05) is 35.9 Å². The Balaban J connectivity index is 1.35. The van der Waals surface area contributed by atoms with Gasteiger partial charge in [-0.15, -0.1) is 11.8 Å². The van der Waals surface area contributed by atoms with Crippen LogP contribution in [0.3, 0.4) is 0 Å². The van der Waals surface area contributed by atoms with E-state index in [9.17, 15) is 9.59 Å². The normalized spacial score (nSPS) is 12.5. The zero-order chi connectivity index (χ0) is 18.4. The van der Waals surface area contributed by atoms with E-state index in [0.29, 0.717) is 6.54 Å². The number of rotatable bonds is 7. The van der Waals surface area contributed by atoms with Gasteiger partial charge in [-0.3, -0.25) is 9.59 Å². The van der Waals surface area contributed by atoms with E-state index in [-0.39, 0.29) is 23.3 Å². The maximum absolute atomic E-state index is 12.0. The van der Waals surface area contributed by atoms with Crippen LogP contribution < -0.4 is 16.0 Å². The number of aryl methyl sites for hydroxylation is 1. The first-order valence-electron chi connectivity index (χ1n) is 8.62. The maximum Gasteiger partial charge on any atom is 0.234 e. The minimum Gasteiger partial charge on any atom is -0.351 e. The van der Waals surface area contributed by atoms with Crippen LogP contribution in [-0.4, -0.2) is 23.3 Å². The fourth-order valence-electron chi connectivity index (χ4n) is 2.78. The second-order valence-corrected chi connectivity index (χ2v) is 7.38. The number of benzene rings is 2. The molecule has 0 saturated heterocycles. The summed E-state index contributed by atoms with van der Waals surface area (Å²) in [6, 6.07) is 13.9. The molecule has 1 aliphatic heterocycles. The van der Waals surface area contributed by atoms with Crippen LogP contribution in [0.4, 0.5) is 5.69 Å². The molecule has 0 fully saturated rings. The molecule has 0 aliphatic carbocycles. The Hall–Kier alpha value is -2.31. The Labute approximate surface area is 157 Å². The van der Waals surface area contributed by atoms with Gasteiger partial charge in [0.15, 0.2) is 0 Å². The van der Waals surface area contributed by atoms with Crippen molar-refractivity contribution in [2.45, 2.75) is 26.6 Å². The smallest absolute Gasteiger partial charge is 0.234 e. The molecule has 1 aliphatic rings. The summed E-state index contributed by atoms with van der Waals surface area (Å²) in [5, 5.41) is 9.04. The molecule has 0 aromatic heterocycles. The molecule has 2 amide bonds. The van der Waals surface area contributed by atoms with Crippen molar-refractivity contribution in [3.05, 3.63) is 64.7 Å². The van der Waals surface area contributed by atoms with Crippen LogP contribution in [0.2, 0.25) is 0 Å². The van der Waals surface area contributed by atoms with Gasteiger partial charge < -0.3 is 16.0 Å². The monoisotopic (exact) mass is 369 g/mol. The van der Waals surface area contributed by atoms with E-state index in [0.717, 1.165) is 29.9 Å². The quantitative estimate of drug-likeness (QED) is 0.702. The lowest BCUT2D eigenvalue weighted by Crippen LogP contribution is -2.25. The highest BCUT2D eigenvalue weighted by Crippen LogP contribution is 2.17. The molecule has 6 heteroatoms. The Morgan fingerprint density at radius 2 is 1.73 bits per heavy atom. The standard InChI is InChI=1S/C20H23N3O2S/c1-14-2-6-18(7-3-14)23-20(25)13-26-12-19(24)22-9-15-4-5-16-10-21-11-17(16)8-15/h2-8,21H,9-13H2,1H3,(H,22,24)(H,23,25). The van der Waals surface area contributed by atoms with E-state index >= 15 is 0 Å². The van der Waals surface area contributed by atoms with Crippen LogP contribution in [0.25, 0.3) is 0 Å². The Morgan fingerprint density at radius 3 is 2.54 bits per heavy atom. The fraction of sp³-hybridized carbons (Fsp3) is 0.300. The molecule has 2 aromatic rings. The highest BCUT2D eigenvalue weighted by molar-refractivity contribution is 8.00. The summed E-state index contributed by atoms with van der Waals surface area (Å²) in [4.78, 5) is 23.8. The number of amides is 2. The maximum atomic E-state index is 12.0. The number of carbonyl (C=O) groups is 2. The third-order valence-electron chi connectivity index (χ3n) is 4.19. The summed E-state index contributed by atoms with van der Waals surface area (Å²) in [5.41, 5.74) is 5.66. The molecular formula is C20H23N3O2S. The summed E-state index contributed by atoms with van der Waals surface area (Å²) in [6.45, 7) is 4.33. The average molecular weight is 369 g/mol. The van der Waals surface area contributed by atoms with E-state index in [1.54, 1.807) is 0 Å². The summed E-state index contributed by atoms with van der Waals surface area (Å²) < 4.78 is 0. The van der Waals surface area contributed by atoms with Crippen molar-refractivity contribution in [2.75, 3.05) is 16.8 Å². The molecule has 136 valence electrons. The van der Waals surface area contributed by atoms with Gasteiger partial charge in [-0.05, 0) is 35.7 Å². The van der Waals surface area contributed by atoms with Gasteiger partial charge in [0.05, 0.1) is 11.5 Å². The third kappa shape index (κ3) is 5.34. The Bertz CT molecular complexity index is 790. The lowest BCUT2D eigenvalue weighted by Gasteiger charge is -2.08. The molecule has 0 radical (unpaired) electrons. The zero-order valence-corrected chi connectivity index (χ0v) is 15.6. The van der Waals surface area contributed by atoms with E-state index in [1.807, 2.05) is 37.3 Å². The largest absolute Gasteiger partial charge is 0.351 e. The number of anilines is 1. The third-order valence-corrected chi connectivity index (χ3v) is 5.13. The van der Waals surface area contributed by atoms with E-state index in [2.05, 4.69) is 28.1 Å². The number of fused-ring (bicyclic) bond motifs is 1. The molecule has 5 nitrogen and oxygen atoms in total. The van der Waals surface area contributed by atoms with Crippen molar-refractivity contribution in [3.63, 3.8) is 0 Å². The van der Waals surface area contributed by atoms with E-state index < -0.39 is 0 Å². The van der Waals surface area contributed by atoms with Gasteiger partial charge in [0.25, 0.3) is 0 Å². The number of hydrogen-bond acceptors (Lipinski definition) is 4. The van der Waals surface area contributed by atoms with Gasteiger partial charge in [-0.2, -0.15) is 0 Å². The van der Waals surface area contributed by atoms with Crippen molar-refractivity contribution in [1.82, 2.24) is 10.6 Å². The Kier molecular flexibility index (Phi) is 6.30. The van der Waals surface area contributed by atoms with Crippen molar-refractivity contribution in [3.8, 4) is 0 Å². The molecular weight excluding hydrogens is 346 g/mol. The molecule has 0 bridgehead atoms. The second kappa shape index (κ2) is 8.87. The van der Waals surface area contributed by atoms with Crippen LogP contribution >= 0.6 is 11.8 Å². The topological polar surface area (TPSA) is 70.2 Å². The Morgan fingerprint density at radius 1 is 1.00 bits per heavy atom. The molecule has 0 unspecified atom stereocenters. The van der Waals surface area contributed by atoms with Gasteiger partial charge in [0, 0.05) is 25.3 Å². The van der Waals surface area contributed by atoms with Gasteiger partial charge in [0.1, 0.15) is 0 Å². The highest BCUT2D eigenvalue weighted by Gasteiger charge is 2.11. The predicted octanol–water partition coefficient (Wildman–Crippen LogP) is 2.59. The van der Waals surface area contributed by atoms with Gasteiger partial charge in [-0.25, -0.2) is 0 Å². The lowest BCUT2D eigenvalue weighted by atomic mass is 10.1. The lowest BCUT2D eigenvalue weighted by molar-refractivity contribution is -0.118. The number of nitrogens with one attached hydrogen (secondary N) is 3. The minimum atomic E-state index is -0.0993. The summed E-state index contributed by atoms with van der Waals surface area (Å²) in [6.07, 6.45) is 0. The minimum absolute atomic E-state index is 0.0586. The first kappa shape index (κ1) is 18.5. The van der Waals surface area contributed by atoms with E-state index in [4.69, 9.17) is 0 Å². The van der Waals surface area contributed by atoms with Crippen molar-refractivity contribution < 1.29 is 9.59 Å². The van der Waals surface area contributed by atoms with Crippen LogP contribution in [0.15, 0.2) is 42.5 Å². The summed E-state index contributed by atoms with van der Waals surface area (Å²) in [7, 11) is 0. The fourth-order valence-corrected chi connectivity index (χ4v) is 3.43. The van der Waals surface area contributed by atoms with Crippen molar-refractivity contribution in [2.24, 2.45) is 0 Å². The molecule has 26 heavy (non-hydrogen) atoms. The van der Waals surface area contributed by atoms with Crippen LogP contribution in [0, 0.1) is 6.92 Å². The SMILES string of the molecule is Cc1ccc(NC(=O)CSCC(=O)NCc2ccc3c(c2)CNC3)cc1.